The number of nitrogen functional groups attached to an aromatic ring is 1. The van der Waals surface area contributed by atoms with Crippen molar-refractivity contribution < 1.29 is 4.74 Å². The first kappa shape index (κ1) is 12.0. The normalized spacial score (nSPS) is 10.8. The molecule has 0 aliphatic rings. The summed E-state index contributed by atoms with van der Waals surface area (Å²) in [6.45, 7) is 0. The molecule has 0 fully saturated rings. The zero-order valence-corrected chi connectivity index (χ0v) is 11.7. The molecular formula is C13H11BrN4O. The first-order chi connectivity index (χ1) is 9.19. The number of aromatic nitrogens is 3. The third-order valence-electron chi connectivity index (χ3n) is 2.84. The predicted molar refractivity (Wildman–Crippen MR) is 78.0 cm³/mol. The molecule has 0 aliphatic heterocycles. The number of benzene rings is 1. The highest BCUT2D eigenvalue weighted by Gasteiger charge is 2.12. The maximum absolute atomic E-state index is 5.96. The SMILES string of the molecule is COc1cnccc1-c1nc2c(N)cc(Br)cc2[nH]1. The summed E-state index contributed by atoms with van der Waals surface area (Å²) in [5.74, 6) is 1.37. The van der Waals surface area contributed by atoms with Crippen LogP contribution in [0.1, 0.15) is 0 Å². The van der Waals surface area contributed by atoms with Gasteiger partial charge in [0.2, 0.25) is 0 Å². The lowest BCUT2D eigenvalue weighted by molar-refractivity contribution is 0.414. The molecule has 3 N–H and O–H groups in total. The zero-order chi connectivity index (χ0) is 13.4. The molecule has 3 aromatic rings. The molecule has 2 heterocycles. The lowest BCUT2D eigenvalue weighted by atomic mass is 10.2. The number of hydrogen-bond acceptors (Lipinski definition) is 4. The van der Waals surface area contributed by atoms with Gasteiger partial charge in [-0.2, -0.15) is 0 Å². The van der Waals surface area contributed by atoms with Gasteiger partial charge in [0.25, 0.3) is 0 Å². The summed E-state index contributed by atoms with van der Waals surface area (Å²) < 4.78 is 6.20. The van der Waals surface area contributed by atoms with Gasteiger partial charge in [0.05, 0.1) is 30.1 Å². The standard InChI is InChI=1S/C13H11BrN4O/c1-19-11-6-16-3-2-8(11)13-17-10-5-7(14)4-9(15)12(10)18-13/h2-6H,15H2,1H3,(H,17,18). The second kappa shape index (κ2) is 4.55. The molecule has 19 heavy (non-hydrogen) atoms. The Morgan fingerprint density at radius 3 is 3.00 bits per heavy atom. The van der Waals surface area contributed by atoms with Crippen LogP contribution in [0.15, 0.2) is 35.1 Å². The maximum Gasteiger partial charge on any atom is 0.148 e. The van der Waals surface area contributed by atoms with Gasteiger partial charge in [-0.1, -0.05) is 15.9 Å². The second-order valence-corrected chi connectivity index (χ2v) is 4.97. The number of hydrogen-bond donors (Lipinski definition) is 2. The van der Waals surface area contributed by atoms with Gasteiger partial charge in [-0.05, 0) is 18.2 Å². The lowest BCUT2D eigenvalue weighted by Gasteiger charge is -2.03. The van der Waals surface area contributed by atoms with Crippen molar-refractivity contribution in [3.05, 3.63) is 35.1 Å². The quantitative estimate of drug-likeness (QED) is 0.712. The van der Waals surface area contributed by atoms with Gasteiger partial charge in [0.15, 0.2) is 0 Å². The van der Waals surface area contributed by atoms with Crippen molar-refractivity contribution in [2.75, 3.05) is 12.8 Å². The van der Waals surface area contributed by atoms with Crippen molar-refractivity contribution in [3.63, 3.8) is 0 Å². The molecule has 2 aromatic heterocycles. The molecule has 0 amide bonds. The number of imidazole rings is 1. The Bertz CT molecular complexity index is 753. The highest BCUT2D eigenvalue weighted by molar-refractivity contribution is 9.10. The van der Waals surface area contributed by atoms with Crippen LogP contribution >= 0.6 is 15.9 Å². The van der Waals surface area contributed by atoms with Gasteiger partial charge in [-0.3, -0.25) is 4.98 Å². The Morgan fingerprint density at radius 1 is 1.37 bits per heavy atom. The fourth-order valence-electron chi connectivity index (χ4n) is 1.97. The fraction of sp³-hybridized carbons (Fsp3) is 0.0769. The van der Waals surface area contributed by atoms with Crippen LogP contribution in [0, 0.1) is 0 Å². The summed E-state index contributed by atoms with van der Waals surface area (Å²) in [6.07, 6.45) is 3.35. The monoisotopic (exact) mass is 318 g/mol. The van der Waals surface area contributed by atoms with Gasteiger partial charge in [-0.25, -0.2) is 4.98 Å². The first-order valence-corrected chi connectivity index (χ1v) is 6.41. The number of nitrogens with two attached hydrogens (primary N) is 1. The Labute approximate surface area is 118 Å². The predicted octanol–water partition coefficient (Wildman–Crippen LogP) is 2.98. The minimum absolute atomic E-state index is 0.625. The van der Waals surface area contributed by atoms with Crippen molar-refractivity contribution in [1.29, 1.82) is 0 Å². The second-order valence-electron chi connectivity index (χ2n) is 4.05. The highest BCUT2D eigenvalue weighted by atomic mass is 79.9. The van der Waals surface area contributed by atoms with Gasteiger partial charge >= 0.3 is 0 Å². The number of H-pyrrole nitrogens is 1. The van der Waals surface area contributed by atoms with Gasteiger partial charge in [0, 0.05) is 10.7 Å². The number of fused-ring (bicyclic) bond motifs is 1. The number of pyridine rings is 1. The van der Waals surface area contributed by atoms with Crippen molar-refractivity contribution in [2.45, 2.75) is 0 Å². The summed E-state index contributed by atoms with van der Waals surface area (Å²) in [4.78, 5) is 11.8. The smallest absolute Gasteiger partial charge is 0.148 e. The van der Waals surface area contributed by atoms with E-state index in [1.54, 1.807) is 19.5 Å². The van der Waals surface area contributed by atoms with E-state index >= 15 is 0 Å². The summed E-state index contributed by atoms with van der Waals surface area (Å²) in [6, 6.07) is 5.62. The largest absolute Gasteiger partial charge is 0.494 e. The molecule has 0 saturated carbocycles. The van der Waals surface area contributed by atoms with E-state index < -0.39 is 0 Å². The molecule has 0 radical (unpaired) electrons. The Balaban J connectivity index is 2.23. The van der Waals surface area contributed by atoms with E-state index in [0.717, 1.165) is 21.1 Å². The van der Waals surface area contributed by atoms with Gasteiger partial charge in [0.1, 0.15) is 17.1 Å². The van der Waals surface area contributed by atoms with Crippen LogP contribution in [-0.4, -0.2) is 22.1 Å². The van der Waals surface area contributed by atoms with E-state index in [4.69, 9.17) is 10.5 Å². The molecule has 0 atom stereocenters. The average molecular weight is 319 g/mol. The van der Waals surface area contributed by atoms with Crippen molar-refractivity contribution in [2.24, 2.45) is 0 Å². The van der Waals surface area contributed by atoms with E-state index in [9.17, 15) is 0 Å². The topological polar surface area (TPSA) is 76.8 Å². The van der Waals surface area contributed by atoms with Crippen LogP contribution in [0.5, 0.6) is 5.75 Å². The van der Waals surface area contributed by atoms with Gasteiger partial charge < -0.3 is 15.5 Å². The molecule has 96 valence electrons. The van der Waals surface area contributed by atoms with Crippen molar-refractivity contribution in [3.8, 4) is 17.1 Å². The minimum Gasteiger partial charge on any atom is -0.494 e. The third kappa shape index (κ3) is 2.04. The summed E-state index contributed by atoms with van der Waals surface area (Å²) >= 11 is 3.41. The molecule has 6 heteroatoms. The minimum atomic E-state index is 0.625. The van der Waals surface area contributed by atoms with Crippen LogP contribution < -0.4 is 10.5 Å². The number of rotatable bonds is 2. The summed E-state index contributed by atoms with van der Waals surface area (Å²) in [5, 5.41) is 0. The molecule has 3 rings (SSSR count). The Morgan fingerprint density at radius 2 is 2.21 bits per heavy atom. The van der Waals surface area contributed by atoms with E-state index in [1.165, 1.54) is 0 Å². The van der Waals surface area contributed by atoms with E-state index in [2.05, 4.69) is 30.9 Å². The highest BCUT2D eigenvalue weighted by Crippen LogP contribution is 2.31. The summed E-state index contributed by atoms with van der Waals surface area (Å²) in [5.41, 5.74) is 9.06. The van der Waals surface area contributed by atoms with Crippen LogP contribution in [0.25, 0.3) is 22.4 Å². The van der Waals surface area contributed by atoms with Crippen LogP contribution in [0.4, 0.5) is 5.69 Å². The van der Waals surface area contributed by atoms with Gasteiger partial charge in [-0.15, -0.1) is 0 Å². The Kier molecular flexibility index (Phi) is 2.87. The number of nitrogens with one attached hydrogen (secondary N) is 1. The summed E-state index contributed by atoms with van der Waals surface area (Å²) in [7, 11) is 1.61. The van der Waals surface area contributed by atoms with Crippen LogP contribution in [0.3, 0.4) is 0 Å². The van der Waals surface area contributed by atoms with E-state index in [0.29, 0.717) is 17.3 Å². The molecule has 0 spiro atoms. The average Bonchev–Trinajstić information content (AvgIpc) is 2.82. The van der Waals surface area contributed by atoms with Crippen molar-refractivity contribution in [1.82, 2.24) is 15.0 Å². The first-order valence-electron chi connectivity index (χ1n) is 5.62. The molecule has 0 aliphatic carbocycles. The number of anilines is 1. The Hall–Kier alpha value is -2.08. The molecular weight excluding hydrogens is 308 g/mol. The molecule has 0 saturated heterocycles. The van der Waals surface area contributed by atoms with E-state index in [1.807, 2.05) is 18.2 Å². The third-order valence-corrected chi connectivity index (χ3v) is 3.30. The number of nitrogens with zero attached hydrogens (tertiary/aromatic N) is 2. The van der Waals surface area contributed by atoms with Crippen molar-refractivity contribution >= 4 is 32.7 Å². The van der Waals surface area contributed by atoms with E-state index in [-0.39, 0.29) is 0 Å². The molecule has 0 bridgehead atoms. The number of halogens is 1. The lowest BCUT2D eigenvalue weighted by Crippen LogP contribution is -1.90. The zero-order valence-electron chi connectivity index (χ0n) is 10.1. The maximum atomic E-state index is 5.96. The molecule has 5 nitrogen and oxygen atoms in total. The molecule has 0 unspecified atom stereocenters. The molecule has 1 aromatic carbocycles. The fourth-order valence-corrected chi connectivity index (χ4v) is 2.45. The number of aromatic amines is 1. The number of methoxy groups -OCH3 is 1. The van der Waals surface area contributed by atoms with Crippen LogP contribution in [-0.2, 0) is 0 Å². The number of ether oxygens (including phenoxy) is 1. The van der Waals surface area contributed by atoms with Crippen LogP contribution in [0.2, 0.25) is 0 Å².